The van der Waals surface area contributed by atoms with Crippen LogP contribution in [0.4, 0.5) is 0 Å². The van der Waals surface area contributed by atoms with Gasteiger partial charge in [-0.25, -0.2) is 9.67 Å². The van der Waals surface area contributed by atoms with E-state index in [1.165, 1.54) is 5.56 Å². The highest BCUT2D eigenvalue weighted by Gasteiger charge is 2.15. The number of likely N-dealkylation sites (N-methyl/N-ethyl adjacent to an activating group) is 1. The maximum Gasteiger partial charge on any atom is 0.138 e. The molecule has 0 saturated carbocycles. The Balaban J connectivity index is 2.19. The third-order valence-corrected chi connectivity index (χ3v) is 3.18. The van der Waals surface area contributed by atoms with E-state index in [0.717, 1.165) is 18.8 Å². The quantitative estimate of drug-likeness (QED) is 0.866. The molecule has 0 aliphatic heterocycles. The molecule has 0 radical (unpaired) electrons. The summed E-state index contributed by atoms with van der Waals surface area (Å²) >= 11 is 0. The van der Waals surface area contributed by atoms with Crippen molar-refractivity contribution in [1.29, 1.82) is 0 Å². The van der Waals surface area contributed by atoms with E-state index in [1.807, 2.05) is 10.7 Å². The van der Waals surface area contributed by atoms with Crippen molar-refractivity contribution >= 4 is 0 Å². The maximum absolute atomic E-state index is 4.40. The van der Waals surface area contributed by atoms with Gasteiger partial charge >= 0.3 is 0 Å². The van der Waals surface area contributed by atoms with Crippen molar-refractivity contribution < 1.29 is 0 Å². The first-order valence-electron chi connectivity index (χ1n) is 6.89. The Morgan fingerprint density at radius 3 is 2.58 bits per heavy atom. The van der Waals surface area contributed by atoms with E-state index in [-0.39, 0.29) is 6.04 Å². The highest BCUT2D eigenvalue weighted by atomic mass is 15.3. The summed E-state index contributed by atoms with van der Waals surface area (Å²) < 4.78 is 1.99. The molecule has 1 unspecified atom stereocenters. The minimum Gasteiger partial charge on any atom is -0.310 e. The number of nitrogens with zero attached hydrogens (tertiary/aromatic N) is 3. The van der Waals surface area contributed by atoms with E-state index in [1.54, 1.807) is 6.33 Å². The van der Waals surface area contributed by atoms with Crippen LogP contribution >= 0.6 is 0 Å². The summed E-state index contributed by atoms with van der Waals surface area (Å²) in [6.45, 7) is 7.32. The zero-order chi connectivity index (χ0) is 13.7. The average Bonchev–Trinajstić information content (AvgIpc) is 2.88. The average molecular weight is 258 g/mol. The van der Waals surface area contributed by atoms with Crippen LogP contribution < -0.4 is 5.32 Å². The lowest BCUT2D eigenvalue weighted by molar-refractivity contribution is 0.468. The fraction of sp³-hybridized carbons (Fsp3) is 0.467. The van der Waals surface area contributed by atoms with Gasteiger partial charge in [0.15, 0.2) is 0 Å². The Morgan fingerprint density at radius 2 is 1.95 bits per heavy atom. The first-order chi connectivity index (χ1) is 9.22. The molecule has 2 aromatic rings. The number of aromatic nitrogens is 3. The van der Waals surface area contributed by atoms with Crippen LogP contribution in [0.25, 0.3) is 0 Å². The summed E-state index contributed by atoms with van der Waals surface area (Å²) in [6, 6.07) is 11.1. The molecule has 4 heteroatoms. The molecule has 1 aromatic heterocycles. The molecule has 4 nitrogen and oxygen atoms in total. The van der Waals surface area contributed by atoms with Crippen molar-refractivity contribution in [3.8, 4) is 0 Å². The highest BCUT2D eigenvalue weighted by molar-refractivity contribution is 5.20. The van der Waals surface area contributed by atoms with Gasteiger partial charge in [-0.1, -0.05) is 37.3 Å². The molecule has 0 spiro atoms. The van der Waals surface area contributed by atoms with Gasteiger partial charge in [-0.3, -0.25) is 0 Å². The van der Waals surface area contributed by atoms with Crippen LogP contribution in [-0.4, -0.2) is 21.3 Å². The molecule has 1 N–H and O–H groups in total. The van der Waals surface area contributed by atoms with Crippen LogP contribution in [0, 0.1) is 0 Å². The first-order valence-corrected chi connectivity index (χ1v) is 6.89. The molecule has 0 fully saturated rings. The van der Waals surface area contributed by atoms with Crippen LogP contribution in [0.15, 0.2) is 36.7 Å². The third kappa shape index (κ3) is 3.41. The van der Waals surface area contributed by atoms with Gasteiger partial charge < -0.3 is 5.32 Å². The molecule has 1 aromatic carbocycles. The van der Waals surface area contributed by atoms with Crippen molar-refractivity contribution in [1.82, 2.24) is 20.1 Å². The topological polar surface area (TPSA) is 42.7 Å². The van der Waals surface area contributed by atoms with Gasteiger partial charge in [-0.05, 0) is 26.0 Å². The van der Waals surface area contributed by atoms with Gasteiger partial charge in [0.2, 0.25) is 0 Å². The van der Waals surface area contributed by atoms with E-state index in [4.69, 9.17) is 0 Å². The summed E-state index contributed by atoms with van der Waals surface area (Å²) in [4.78, 5) is 4.40. The summed E-state index contributed by atoms with van der Waals surface area (Å²) in [6.07, 6.45) is 2.50. The van der Waals surface area contributed by atoms with Crippen LogP contribution in [-0.2, 0) is 6.42 Å². The van der Waals surface area contributed by atoms with Crippen molar-refractivity contribution in [3.63, 3.8) is 0 Å². The van der Waals surface area contributed by atoms with Crippen molar-refractivity contribution in [2.75, 3.05) is 6.54 Å². The van der Waals surface area contributed by atoms with E-state index >= 15 is 0 Å². The second-order valence-corrected chi connectivity index (χ2v) is 4.94. The van der Waals surface area contributed by atoms with Gasteiger partial charge in [-0.2, -0.15) is 5.10 Å². The molecule has 0 bridgehead atoms. The number of benzene rings is 1. The lowest BCUT2D eigenvalue weighted by Crippen LogP contribution is -2.24. The van der Waals surface area contributed by atoms with Crippen molar-refractivity contribution in [2.24, 2.45) is 0 Å². The standard InChI is InChI=1S/C15H22N4/c1-4-16-14(13-8-6-5-7-9-13)10-15-17-11-18-19(15)12(2)3/h5-9,11-12,14,16H,4,10H2,1-3H3. The molecule has 0 saturated heterocycles. The van der Waals surface area contributed by atoms with Gasteiger partial charge in [0.05, 0.1) is 0 Å². The summed E-state index contributed by atoms with van der Waals surface area (Å²) in [7, 11) is 0. The lowest BCUT2D eigenvalue weighted by atomic mass is 10.0. The summed E-state index contributed by atoms with van der Waals surface area (Å²) in [5, 5.41) is 7.82. The number of rotatable bonds is 6. The van der Waals surface area contributed by atoms with E-state index < -0.39 is 0 Å². The zero-order valence-electron chi connectivity index (χ0n) is 11.9. The van der Waals surface area contributed by atoms with Gasteiger partial charge in [0.25, 0.3) is 0 Å². The van der Waals surface area contributed by atoms with Crippen LogP contribution in [0.3, 0.4) is 0 Å². The SMILES string of the molecule is CCNC(Cc1ncnn1C(C)C)c1ccccc1. The van der Waals surface area contributed by atoms with Gasteiger partial charge in [0, 0.05) is 18.5 Å². The Kier molecular flexibility index (Phi) is 4.68. The molecule has 0 aliphatic carbocycles. The van der Waals surface area contributed by atoms with E-state index in [9.17, 15) is 0 Å². The van der Waals surface area contributed by atoms with Crippen molar-refractivity contribution in [2.45, 2.75) is 39.3 Å². The molecular formula is C15H22N4. The largest absolute Gasteiger partial charge is 0.310 e. The lowest BCUT2D eigenvalue weighted by Gasteiger charge is -2.19. The van der Waals surface area contributed by atoms with E-state index in [2.05, 4.69) is 60.4 Å². The molecule has 102 valence electrons. The number of nitrogens with one attached hydrogen (secondary N) is 1. The maximum atomic E-state index is 4.40. The predicted molar refractivity (Wildman–Crippen MR) is 77.0 cm³/mol. The smallest absolute Gasteiger partial charge is 0.138 e. The molecule has 1 heterocycles. The molecule has 1 atom stereocenters. The molecule has 19 heavy (non-hydrogen) atoms. The minimum absolute atomic E-state index is 0.285. The minimum atomic E-state index is 0.285. The Labute approximate surface area is 114 Å². The fourth-order valence-electron chi connectivity index (χ4n) is 2.27. The first kappa shape index (κ1) is 13.7. The zero-order valence-corrected chi connectivity index (χ0v) is 11.9. The van der Waals surface area contributed by atoms with Crippen LogP contribution in [0.5, 0.6) is 0 Å². The third-order valence-electron chi connectivity index (χ3n) is 3.18. The molecular weight excluding hydrogens is 236 g/mol. The molecule has 0 amide bonds. The Morgan fingerprint density at radius 1 is 1.21 bits per heavy atom. The van der Waals surface area contributed by atoms with E-state index in [0.29, 0.717) is 6.04 Å². The van der Waals surface area contributed by atoms with Crippen LogP contribution in [0.1, 0.15) is 44.2 Å². The Hall–Kier alpha value is -1.68. The van der Waals surface area contributed by atoms with Crippen LogP contribution in [0.2, 0.25) is 0 Å². The number of hydrogen-bond acceptors (Lipinski definition) is 3. The Bertz CT molecular complexity index is 490. The monoisotopic (exact) mass is 258 g/mol. The summed E-state index contributed by atoms with van der Waals surface area (Å²) in [5.74, 6) is 1.03. The van der Waals surface area contributed by atoms with Gasteiger partial charge in [-0.15, -0.1) is 0 Å². The number of hydrogen-bond donors (Lipinski definition) is 1. The second-order valence-electron chi connectivity index (χ2n) is 4.94. The normalized spacial score (nSPS) is 12.8. The summed E-state index contributed by atoms with van der Waals surface area (Å²) in [5.41, 5.74) is 1.29. The highest BCUT2D eigenvalue weighted by Crippen LogP contribution is 2.18. The fourth-order valence-corrected chi connectivity index (χ4v) is 2.27. The second kappa shape index (κ2) is 6.48. The molecule has 0 aliphatic rings. The van der Waals surface area contributed by atoms with Gasteiger partial charge in [0.1, 0.15) is 12.2 Å². The predicted octanol–water partition coefficient (Wildman–Crippen LogP) is 2.75. The molecule has 2 rings (SSSR count). The van der Waals surface area contributed by atoms with Crippen molar-refractivity contribution in [3.05, 3.63) is 48.0 Å².